The summed E-state index contributed by atoms with van der Waals surface area (Å²) in [4.78, 5) is 0. The topological polar surface area (TPSA) is 54.6 Å². The first-order valence-electron chi connectivity index (χ1n) is 13.5. The smallest absolute Gasteiger partial charge is 0.200 e. The molecule has 0 radical (unpaired) electrons. The zero-order valence-corrected chi connectivity index (χ0v) is 21.2. The summed E-state index contributed by atoms with van der Waals surface area (Å²) < 4.78 is 0. The molecule has 4 aromatic rings. The number of hydrogen-bond donors (Lipinski definition) is 4. The first-order chi connectivity index (χ1) is 18.8. The highest BCUT2D eigenvalue weighted by Gasteiger charge is 2.53. The lowest BCUT2D eigenvalue weighted by Gasteiger charge is -2.52. The Hall–Kier alpha value is -3.81. The van der Waals surface area contributed by atoms with E-state index in [9.17, 15) is 0 Å². The number of rotatable bonds is 4. The number of hydrazine groups is 2. The van der Waals surface area contributed by atoms with E-state index >= 15 is 0 Å². The molecule has 4 N–H and O–H groups in total. The first kappa shape index (κ1) is 23.3. The zero-order chi connectivity index (χ0) is 25.3. The van der Waals surface area contributed by atoms with E-state index in [2.05, 4.69) is 159 Å². The molecule has 2 aliphatic heterocycles. The summed E-state index contributed by atoms with van der Waals surface area (Å²) >= 11 is 0. The van der Waals surface area contributed by atoms with Crippen molar-refractivity contribution in [3.05, 3.63) is 139 Å². The van der Waals surface area contributed by atoms with Crippen LogP contribution in [0.3, 0.4) is 0 Å². The standard InChI is InChI=1S/C32H33N6/c1-5-13-23(14-6-1)31-33-29-21-28-27(22-30(29)37(36-31)25-17-9-3-10-18-25)34-32(24-15-7-2-8-16-24)38(35-28)26-19-11-4-12-20-26/h1-20,22,27-36H,21H2/q+1. The lowest BCUT2D eigenvalue weighted by Crippen LogP contribution is -2.75. The SMILES string of the molecule is c1ccc(C2NC3CC4NN(c5ccccc5)C(c5ccccc5)NC4[CH+]C3N(c3ccccc3)N2)cc1. The lowest BCUT2D eigenvalue weighted by molar-refractivity contribution is 0.154. The molecule has 7 rings (SSSR count). The average molecular weight is 502 g/mol. The van der Waals surface area contributed by atoms with Crippen LogP contribution in [0.4, 0.5) is 11.4 Å². The van der Waals surface area contributed by atoms with Gasteiger partial charge in [-0.25, -0.2) is 16.2 Å². The Morgan fingerprint density at radius 3 is 1.74 bits per heavy atom. The third-order valence-corrected chi connectivity index (χ3v) is 7.94. The Morgan fingerprint density at radius 1 is 0.553 bits per heavy atom. The van der Waals surface area contributed by atoms with Crippen molar-refractivity contribution >= 4 is 11.4 Å². The fourth-order valence-electron chi connectivity index (χ4n) is 6.11. The van der Waals surface area contributed by atoms with Crippen LogP contribution < -0.4 is 31.5 Å². The molecular formula is C32H33N6+. The second-order valence-electron chi connectivity index (χ2n) is 10.3. The fourth-order valence-corrected chi connectivity index (χ4v) is 6.11. The second kappa shape index (κ2) is 10.2. The first-order valence-corrected chi connectivity index (χ1v) is 13.5. The minimum atomic E-state index is 0.0133. The maximum absolute atomic E-state index is 3.99. The Balaban J connectivity index is 1.21. The summed E-state index contributed by atoms with van der Waals surface area (Å²) in [5.74, 6) is 0. The van der Waals surface area contributed by atoms with Crippen LogP contribution >= 0.6 is 0 Å². The van der Waals surface area contributed by atoms with Gasteiger partial charge in [0.1, 0.15) is 18.8 Å². The van der Waals surface area contributed by atoms with Crippen molar-refractivity contribution in [1.29, 1.82) is 0 Å². The van der Waals surface area contributed by atoms with E-state index in [0.29, 0.717) is 0 Å². The number of anilines is 2. The fraction of sp³-hybridized carbons (Fsp3) is 0.219. The minimum absolute atomic E-state index is 0.0133. The highest BCUT2D eigenvalue weighted by Crippen LogP contribution is 2.36. The molecule has 3 aliphatic rings. The number of para-hydroxylation sites is 2. The van der Waals surface area contributed by atoms with Crippen LogP contribution in [0.2, 0.25) is 0 Å². The van der Waals surface area contributed by atoms with Gasteiger partial charge in [-0.2, -0.15) is 0 Å². The quantitative estimate of drug-likeness (QED) is 0.304. The molecule has 0 spiro atoms. The van der Waals surface area contributed by atoms with Gasteiger partial charge in [-0.1, -0.05) is 97.1 Å². The molecule has 190 valence electrons. The summed E-state index contributed by atoms with van der Waals surface area (Å²) in [6, 6.07) is 43.6. The van der Waals surface area contributed by atoms with Gasteiger partial charge in [-0.3, -0.25) is 15.3 Å². The highest BCUT2D eigenvalue weighted by molar-refractivity contribution is 5.51. The molecular weight excluding hydrogens is 468 g/mol. The number of benzene rings is 4. The van der Waals surface area contributed by atoms with Crippen LogP contribution in [0.15, 0.2) is 121 Å². The summed E-state index contributed by atoms with van der Waals surface area (Å²) in [6.45, 7) is 0. The molecule has 6 nitrogen and oxygen atoms in total. The zero-order valence-electron chi connectivity index (χ0n) is 21.2. The van der Waals surface area contributed by atoms with E-state index < -0.39 is 0 Å². The van der Waals surface area contributed by atoms with Crippen molar-refractivity contribution in [2.75, 3.05) is 10.0 Å². The van der Waals surface area contributed by atoms with Crippen LogP contribution in [0, 0.1) is 6.42 Å². The van der Waals surface area contributed by atoms with Gasteiger partial charge in [0.2, 0.25) is 6.04 Å². The summed E-state index contributed by atoms with van der Waals surface area (Å²) in [5.41, 5.74) is 12.5. The Labute approximate surface area is 224 Å². The molecule has 6 heteroatoms. The van der Waals surface area contributed by atoms with Gasteiger partial charge in [-0.15, -0.1) is 0 Å². The predicted molar refractivity (Wildman–Crippen MR) is 153 cm³/mol. The van der Waals surface area contributed by atoms with E-state index in [0.717, 1.165) is 12.1 Å². The molecule has 1 saturated carbocycles. The molecule has 1 aliphatic carbocycles. The molecule has 2 heterocycles. The van der Waals surface area contributed by atoms with Gasteiger partial charge in [0, 0.05) is 0 Å². The van der Waals surface area contributed by atoms with Crippen LogP contribution in [0.1, 0.15) is 29.9 Å². The molecule has 3 fully saturated rings. The van der Waals surface area contributed by atoms with Crippen molar-refractivity contribution in [3.8, 4) is 0 Å². The third-order valence-electron chi connectivity index (χ3n) is 7.94. The van der Waals surface area contributed by atoms with Gasteiger partial charge in [0.15, 0.2) is 6.04 Å². The number of nitrogens with zero attached hydrogens (tertiary/aromatic N) is 2. The number of fused-ring (bicyclic) bond motifs is 2. The summed E-state index contributed by atoms with van der Waals surface area (Å²) in [7, 11) is 0. The van der Waals surface area contributed by atoms with Gasteiger partial charge < -0.3 is 0 Å². The average Bonchev–Trinajstić information content (AvgIpc) is 3.00. The monoisotopic (exact) mass is 501 g/mol. The Kier molecular flexibility index (Phi) is 6.23. The summed E-state index contributed by atoms with van der Waals surface area (Å²) in [5, 5.41) is 12.6. The van der Waals surface area contributed by atoms with Crippen LogP contribution in [-0.4, -0.2) is 24.2 Å². The van der Waals surface area contributed by atoms with E-state index in [1.807, 2.05) is 0 Å². The molecule has 2 saturated heterocycles. The Bertz CT molecular complexity index is 1320. The van der Waals surface area contributed by atoms with E-state index in [1.54, 1.807) is 0 Å². The number of nitrogens with one attached hydrogen (secondary N) is 4. The van der Waals surface area contributed by atoms with E-state index in [4.69, 9.17) is 0 Å². The molecule has 6 unspecified atom stereocenters. The van der Waals surface area contributed by atoms with E-state index in [1.165, 1.54) is 16.8 Å². The van der Waals surface area contributed by atoms with Crippen LogP contribution in [0.5, 0.6) is 0 Å². The van der Waals surface area contributed by atoms with Crippen molar-refractivity contribution in [2.45, 2.75) is 42.9 Å². The Morgan fingerprint density at radius 2 is 1.11 bits per heavy atom. The largest absolute Gasteiger partial charge is 0.288 e. The van der Waals surface area contributed by atoms with Gasteiger partial charge >= 0.3 is 0 Å². The molecule has 6 atom stereocenters. The van der Waals surface area contributed by atoms with Crippen molar-refractivity contribution < 1.29 is 0 Å². The molecule has 38 heavy (non-hydrogen) atoms. The van der Waals surface area contributed by atoms with Crippen LogP contribution in [-0.2, 0) is 0 Å². The lowest BCUT2D eigenvalue weighted by atomic mass is 9.80. The minimum Gasteiger partial charge on any atom is -0.288 e. The maximum atomic E-state index is 3.99. The van der Waals surface area contributed by atoms with Crippen molar-refractivity contribution in [1.82, 2.24) is 21.5 Å². The van der Waals surface area contributed by atoms with Gasteiger partial charge in [0.05, 0.1) is 23.5 Å². The highest BCUT2D eigenvalue weighted by atomic mass is 15.6. The van der Waals surface area contributed by atoms with Crippen molar-refractivity contribution in [3.63, 3.8) is 0 Å². The predicted octanol–water partition coefficient (Wildman–Crippen LogP) is 4.70. The van der Waals surface area contributed by atoms with Crippen molar-refractivity contribution in [2.24, 2.45) is 0 Å². The van der Waals surface area contributed by atoms with E-state index in [-0.39, 0.29) is 36.5 Å². The molecule has 4 aromatic carbocycles. The van der Waals surface area contributed by atoms with Crippen LogP contribution in [0.25, 0.3) is 0 Å². The maximum Gasteiger partial charge on any atom is 0.200 e. The molecule has 0 bridgehead atoms. The summed E-state index contributed by atoms with van der Waals surface area (Å²) in [6.07, 6.45) is 3.51. The van der Waals surface area contributed by atoms with Gasteiger partial charge in [-0.05, 0) is 41.8 Å². The number of hydrogen-bond acceptors (Lipinski definition) is 6. The normalized spacial score (nSPS) is 28.6. The molecule has 0 amide bonds. The third kappa shape index (κ3) is 4.42. The van der Waals surface area contributed by atoms with Gasteiger partial charge in [0.25, 0.3) is 0 Å². The molecule has 0 aromatic heterocycles. The second-order valence-corrected chi connectivity index (χ2v) is 10.3.